The van der Waals surface area contributed by atoms with Crippen LogP contribution >= 0.6 is 24.0 Å². The zero-order valence-electron chi connectivity index (χ0n) is 15.7. The van der Waals surface area contributed by atoms with Crippen molar-refractivity contribution >= 4 is 57.6 Å². The normalized spacial score (nSPS) is 15.0. The largest absolute Gasteiger partial charge is 0.478 e. The molecule has 0 bridgehead atoms. The van der Waals surface area contributed by atoms with Crippen molar-refractivity contribution in [2.45, 2.75) is 0 Å². The quantitative estimate of drug-likeness (QED) is 0.264. The molecule has 0 aliphatic carbocycles. The zero-order chi connectivity index (χ0) is 22.1. The van der Waals surface area contributed by atoms with Crippen LogP contribution in [0.3, 0.4) is 0 Å². The van der Waals surface area contributed by atoms with Crippen LogP contribution in [-0.2, 0) is 4.79 Å². The highest BCUT2D eigenvalue weighted by Gasteiger charge is 2.33. The molecule has 1 N–H and O–H groups in total. The number of rotatable bonds is 5. The lowest BCUT2D eigenvalue weighted by molar-refractivity contribution is -0.384. The second-order valence-corrected chi connectivity index (χ2v) is 8.12. The summed E-state index contributed by atoms with van der Waals surface area (Å²) in [5, 5.41) is 20.1. The molecule has 1 aromatic heterocycles. The molecule has 8 nitrogen and oxygen atoms in total. The van der Waals surface area contributed by atoms with Gasteiger partial charge in [0.25, 0.3) is 11.6 Å². The number of carboxylic acid groups (broad SMARTS) is 1. The van der Waals surface area contributed by atoms with E-state index in [0.717, 1.165) is 11.8 Å². The molecule has 0 atom stereocenters. The van der Waals surface area contributed by atoms with Gasteiger partial charge in [-0.15, -0.1) is 0 Å². The maximum Gasteiger partial charge on any atom is 0.335 e. The van der Waals surface area contributed by atoms with Gasteiger partial charge in [-0.3, -0.25) is 19.8 Å². The monoisotopic (exact) mass is 451 g/mol. The predicted molar refractivity (Wildman–Crippen MR) is 121 cm³/mol. The first-order valence-electron chi connectivity index (χ1n) is 8.88. The molecule has 10 heteroatoms. The average Bonchev–Trinajstić information content (AvgIpc) is 3.32. The number of anilines is 1. The smallest absolute Gasteiger partial charge is 0.335 e. The summed E-state index contributed by atoms with van der Waals surface area (Å²) in [6.45, 7) is 0. The van der Waals surface area contributed by atoms with Crippen LogP contribution in [0.1, 0.15) is 16.1 Å². The Kier molecular flexibility index (Phi) is 5.40. The minimum Gasteiger partial charge on any atom is -0.478 e. The molecule has 2 aromatic carbocycles. The van der Waals surface area contributed by atoms with Crippen LogP contribution in [0.15, 0.2) is 71.8 Å². The number of hydrogen-bond donors (Lipinski definition) is 1. The van der Waals surface area contributed by atoms with Gasteiger partial charge >= 0.3 is 5.97 Å². The van der Waals surface area contributed by atoms with Crippen molar-refractivity contribution < 1.29 is 19.6 Å². The van der Waals surface area contributed by atoms with E-state index in [1.807, 2.05) is 0 Å². The third-order valence-electron chi connectivity index (χ3n) is 4.54. The van der Waals surface area contributed by atoms with Gasteiger partial charge in [0.15, 0.2) is 4.32 Å². The summed E-state index contributed by atoms with van der Waals surface area (Å²) < 4.78 is 2.09. The highest BCUT2D eigenvalue weighted by Crippen LogP contribution is 2.36. The van der Waals surface area contributed by atoms with Gasteiger partial charge in [-0.25, -0.2) is 4.79 Å². The fraction of sp³-hybridized carbons (Fsp3) is 0. The van der Waals surface area contributed by atoms with E-state index in [1.165, 1.54) is 29.2 Å². The SMILES string of the molecule is O=C(O)c1cccc(N2C(=O)/C(=C\c3cccn3-c3ccc([N+](=O)[O-])cc3)SC2=S)c1. The summed E-state index contributed by atoms with van der Waals surface area (Å²) in [5.74, 6) is -1.45. The number of hydrogen-bond acceptors (Lipinski definition) is 6. The van der Waals surface area contributed by atoms with Gasteiger partial charge in [0.2, 0.25) is 0 Å². The Morgan fingerprint density at radius 3 is 2.52 bits per heavy atom. The van der Waals surface area contributed by atoms with Crippen LogP contribution in [0.2, 0.25) is 0 Å². The van der Waals surface area contributed by atoms with Crippen molar-refractivity contribution in [2.24, 2.45) is 0 Å². The van der Waals surface area contributed by atoms with Crippen molar-refractivity contribution in [1.29, 1.82) is 0 Å². The van der Waals surface area contributed by atoms with Gasteiger partial charge in [-0.2, -0.15) is 0 Å². The number of aromatic carboxylic acids is 1. The lowest BCUT2D eigenvalue weighted by Crippen LogP contribution is -2.27. The van der Waals surface area contributed by atoms with E-state index in [0.29, 0.717) is 26.3 Å². The molecule has 1 fully saturated rings. The van der Waals surface area contributed by atoms with Crippen molar-refractivity contribution in [3.8, 4) is 5.69 Å². The number of carbonyl (C=O) groups excluding carboxylic acids is 1. The molecule has 1 aliphatic heterocycles. The van der Waals surface area contributed by atoms with Crippen LogP contribution in [-0.4, -0.2) is 30.8 Å². The highest BCUT2D eigenvalue weighted by atomic mass is 32.2. The average molecular weight is 451 g/mol. The first-order chi connectivity index (χ1) is 14.8. The van der Waals surface area contributed by atoms with Crippen molar-refractivity contribution in [3.05, 3.63) is 93.1 Å². The van der Waals surface area contributed by atoms with E-state index < -0.39 is 10.9 Å². The second-order valence-electron chi connectivity index (χ2n) is 6.45. The lowest BCUT2D eigenvalue weighted by atomic mass is 10.2. The standard InChI is InChI=1S/C21H13N3O5S2/c25-19-18(31-21(30)23(19)17-4-1-3-13(11-17)20(26)27)12-16-5-2-10-22(16)14-6-8-15(9-7-14)24(28)29/h1-12H,(H,26,27)/b18-12+. The summed E-state index contributed by atoms with van der Waals surface area (Å²) in [6, 6.07) is 15.7. The third-order valence-corrected chi connectivity index (χ3v) is 5.85. The number of nitro benzene ring substituents is 1. The summed E-state index contributed by atoms with van der Waals surface area (Å²) in [6.07, 6.45) is 3.46. The molecule has 154 valence electrons. The Labute approximate surface area is 185 Å². The van der Waals surface area contributed by atoms with E-state index in [1.54, 1.807) is 53.2 Å². The topological polar surface area (TPSA) is 106 Å². The minimum atomic E-state index is -1.09. The van der Waals surface area contributed by atoms with Gasteiger partial charge in [0.05, 0.1) is 21.1 Å². The van der Waals surface area contributed by atoms with Gasteiger partial charge in [-0.1, -0.05) is 30.0 Å². The molecular weight excluding hydrogens is 438 g/mol. The minimum absolute atomic E-state index is 0.0121. The van der Waals surface area contributed by atoms with Crippen LogP contribution in [0, 0.1) is 10.1 Å². The summed E-state index contributed by atoms with van der Waals surface area (Å²) >= 11 is 6.47. The Morgan fingerprint density at radius 2 is 1.84 bits per heavy atom. The Hall–Kier alpha value is -3.76. The molecule has 2 heterocycles. The van der Waals surface area contributed by atoms with Crippen LogP contribution in [0.4, 0.5) is 11.4 Å². The maximum absolute atomic E-state index is 13.0. The van der Waals surface area contributed by atoms with E-state index >= 15 is 0 Å². The fourth-order valence-corrected chi connectivity index (χ4v) is 4.37. The number of amides is 1. The van der Waals surface area contributed by atoms with Crippen molar-refractivity contribution in [1.82, 2.24) is 4.57 Å². The maximum atomic E-state index is 13.0. The Bertz CT molecular complexity index is 1260. The number of nitro groups is 1. The number of nitrogens with zero attached hydrogens (tertiary/aromatic N) is 3. The fourth-order valence-electron chi connectivity index (χ4n) is 3.08. The number of non-ortho nitro benzene ring substituents is 1. The third kappa shape index (κ3) is 3.98. The molecule has 0 saturated carbocycles. The van der Waals surface area contributed by atoms with Crippen LogP contribution in [0.5, 0.6) is 0 Å². The molecule has 0 spiro atoms. The summed E-state index contributed by atoms with van der Waals surface area (Å²) in [7, 11) is 0. The number of thiocarbonyl (C=S) groups is 1. The highest BCUT2D eigenvalue weighted by molar-refractivity contribution is 8.27. The first-order valence-corrected chi connectivity index (χ1v) is 10.1. The molecule has 0 radical (unpaired) electrons. The Morgan fingerprint density at radius 1 is 1.10 bits per heavy atom. The molecule has 4 rings (SSSR count). The summed E-state index contributed by atoms with van der Waals surface area (Å²) in [4.78, 5) is 36.3. The van der Waals surface area contributed by atoms with Crippen molar-refractivity contribution in [3.63, 3.8) is 0 Å². The number of aromatic nitrogens is 1. The van der Waals surface area contributed by atoms with E-state index in [4.69, 9.17) is 12.2 Å². The molecular formula is C21H13N3O5S2. The molecule has 1 aliphatic rings. The predicted octanol–water partition coefficient (Wildman–Crippen LogP) is 4.49. The van der Waals surface area contributed by atoms with Gasteiger partial charge in [0.1, 0.15) is 0 Å². The Balaban J connectivity index is 1.65. The van der Waals surface area contributed by atoms with E-state index in [9.17, 15) is 24.8 Å². The second kappa shape index (κ2) is 8.17. The summed E-state index contributed by atoms with van der Waals surface area (Å²) in [5.41, 5.74) is 1.82. The van der Waals surface area contributed by atoms with E-state index in [2.05, 4.69) is 0 Å². The first kappa shape index (κ1) is 20.5. The lowest BCUT2D eigenvalue weighted by Gasteiger charge is -2.14. The number of thioether (sulfide) groups is 1. The number of carbonyl (C=O) groups is 2. The number of benzene rings is 2. The zero-order valence-corrected chi connectivity index (χ0v) is 17.3. The van der Waals surface area contributed by atoms with Gasteiger partial charge < -0.3 is 9.67 Å². The molecule has 0 unspecified atom stereocenters. The van der Waals surface area contributed by atoms with Gasteiger partial charge in [0, 0.05) is 29.7 Å². The molecule has 1 saturated heterocycles. The van der Waals surface area contributed by atoms with Gasteiger partial charge in [-0.05, 0) is 48.5 Å². The van der Waals surface area contributed by atoms with E-state index in [-0.39, 0.29) is 17.2 Å². The van der Waals surface area contributed by atoms with Crippen LogP contribution < -0.4 is 4.90 Å². The van der Waals surface area contributed by atoms with Crippen LogP contribution in [0.25, 0.3) is 11.8 Å². The number of carboxylic acids is 1. The van der Waals surface area contributed by atoms with Crippen molar-refractivity contribution in [2.75, 3.05) is 4.90 Å². The molecule has 3 aromatic rings. The molecule has 1 amide bonds. The molecule has 31 heavy (non-hydrogen) atoms.